The molecule has 0 aromatic carbocycles. The fourth-order valence-corrected chi connectivity index (χ4v) is 0.784. The average Bonchev–Trinajstić information content (AvgIpc) is 1.86. The number of carbonyl (C=O) groups excluding carboxylic acids is 1. The van der Waals surface area contributed by atoms with Crippen LogP contribution in [0.2, 0.25) is 0 Å². The normalized spacial score (nSPS) is 8.38. The van der Waals surface area contributed by atoms with E-state index < -0.39 is 5.97 Å². The largest absolute Gasteiger partial charge is 2.00 e. The fraction of sp³-hybridized carbons (Fsp3) is 0.750. The maximum atomic E-state index is 8.89. The van der Waals surface area contributed by atoms with Gasteiger partial charge in [-0.15, -0.1) is 23.2 Å². The molecular weight excluding hydrogens is 258 g/mol. The zero-order chi connectivity index (χ0) is 9.98. The van der Waals surface area contributed by atoms with Crippen LogP contribution in [0.5, 0.6) is 0 Å². The van der Waals surface area contributed by atoms with Gasteiger partial charge in [-0.3, -0.25) is 0 Å². The van der Waals surface area contributed by atoms with E-state index in [4.69, 9.17) is 33.1 Å². The summed E-state index contributed by atoms with van der Waals surface area (Å²) in [7, 11) is 0. The van der Waals surface area contributed by atoms with E-state index in [1.54, 1.807) is 0 Å². The molecule has 0 spiro atoms. The summed E-state index contributed by atoms with van der Waals surface area (Å²) in [6.45, 7) is 4.67. The van der Waals surface area contributed by atoms with Crippen LogP contribution in [-0.4, -0.2) is 10.8 Å². The number of unbranched alkanes of at least 4 members (excludes halogenated alkanes) is 2. The predicted molar refractivity (Wildman–Crippen MR) is 50.0 cm³/mol. The van der Waals surface area contributed by atoms with E-state index in [0.717, 1.165) is 32.6 Å². The summed E-state index contributed by atoms with van der Waals surface area (Å²) in [6, 6.07) is 0. The van der Waals surface area contributed by atoms with Crippen LogP contribution < -0.4 is 5.11 Å². The molecule has 0 rings (SSSR count). The monoisotopic (exact) mass is 271 g/mol. The van der Waals surface area contributed by atoms with E-state index in [1.807, 2.05) is 0 Å². The second kappa shape index (κ2) is 15.0. The third-order valence-corrected chi connectivity index (χ3v) is 1.36. The third kappa shape index (κ3) is 45.3. The van der Waals surface area contributed by atoms with Gasteiger partial charge in [-0.05, 0) is 13.3 Å². The van der Waals surface area contributed by atoms with Crippen molar-refractivity contribution >= 4 is 29.2 Å². The number of hydrogen-bond acceptors (Lipinski definition) is 2. The van der Waals surface area contributed by atoms with Crippen molar-refractivity contribution in [1.29, 1.82) is 0 Å². The first kappa shape index (κ1) is 19.2. The number of carboxylic acid groups (broad SMARTS) is 1. The van der Waals surface area contributed by atoms with Crippen molar-refractivity contribution in [2.75, 3.05) is 0 Å². The van der Waals surface area contributed by atoms with E-state index in [9.17, 15) is 0 Å². The SMILES string of the molecule is CC(=O)[O-].[CH2-]CCCCC(Cl)Cl.[Co+2]. The van der Waals surface area contributed by atoms with Gasteiger partial charge in [-0.2, -0.15) is 6.42 Å². The van der Waals surface area contributed by atoms with Gasteiger partial charge in [0.05, 0.1) is 0 Å². The topological polar surface area (TPSA) is 40.1 Å². The van der Waals surface area contributed by atoms with E-state index in [0.29, 0.717) is 0 Å². The molecule has 1 radical (unpaired) electrons. The number of alkyl halides is 2. The zero-order valence-corrected chi connectivity index (χ0v) is 10.1. The Kier molecular flexibility index (Phi) is 22.2. The molecule has 5 heteroatoms. The molecule has 2 nitrogen and oxygen atoms in total. The van der Waals surface area contributed by atoms with Gasteiger partial charge in [0.15, 0.2) is 0 Å². The van der Waals surface area contributed by atoms with Gasteiger partial charge in [0, 0.05) is 5.97 Å². The first-order valence-corrected chi connectivity index (χ1v) is 4.63. The summed E-state index contributed by atoms with van der Waals surface area (Å²) < 4.78 is 0. The number of aliphatic carboxylic acids is 1. The molecule has 0 N–H and O–H groups in total. The maximum Gasteiger partial charge on any atom is 2.00 e. The molecule has 0 aliphatic carbocycles. The molecule has 0 saturated carbocycles. The second-order valence-electron chi connectivity index (χ2n) is 2.23. The van der Waals surface area contributed by atoms with Gasteiger partial charge in [-0.25, -0.2) is 0 Å². The Morgan fingerprint density at radius 1 is 1.46 bits per heavy atom. The van der Waals surface area contributed by atoms with Crippen molar-refractivity contribution in [3.8, 4) is 0 Å². The molecule has 0 heterocycles. The number of carbonyl (C=O) groups is 1. The minimum Gasteiger partial charge on any atom is -0.550 e. The van der Waals surface area contributed by atoms with Crippen LogP contribution in [0.25, 0.3) is 0 Å². The van der Waals surface area contributed by atoms with Gasteiger partial charge in [0.25, 0.3) is 0 Å². The molecule has 0 atom stereocenters. The molecule has 0 bridgehead atoms. The molecule has 13 heavy (non-hydrogen) atoms. The summed E-state index contributed by atoms with van der Waals surface area (Å²) in [5, 5.41) is 8.89. The summed E-state index contributed by atoms with van der Waals surface area (Å²) >= 11 is 10.9. The minimum absolute atomic E-state index is 0. The van der Waals surface area contributed by atoms with Crippen LogP contribution in [0.1, 0.15) is 32.6 Å². The maximum absolute atomic E-state index is 8.89. The van der Waals surface area contributed by atoms with Crippen molar-refractivity contribution < 1.29 is 26.7 Å². The standard InChI is InChI=1S/C6H11Cl2.C2H4O2.Co/c1-2-3-4-5-6(7)8;1-2(3)4;/h6H,1-5H2;1H3,(H,3,4);/q-1;;+2/p-1. The summed E-state index contributed by atoms with van der Waals surface area (Å²) in [5.41, 5.74) is 0. The van der Waals surface area contributed by atoms with Gasteiger partial charge in [0.2, 0.25) is 0 Å². The van der Waals surface area contributed by atoms with Crippen LogP contribution in [-0.2, 0) is 21.6 Å². The van der Waals surface area contributed by atoms with Crippen molar-refractivity contribution in [2.45, 2.75) is 37.4 Å². The second-order valence-corrected chi connectivity index (χ2v) is 3.51. The van der Waals surface area contributed by atoms with Crippen LogP contribution in [0.15, 0.2) is 0 Å². The smallest absolute Gasteiger partial charge is 0.550 e. The quantitative estimate of drug-likeness (QED) is 0.445. The molecule has 0 aliphatic heterocycles. The molecule has 0 saturated heterocycles. The van der Waals surface area contributed by atoms with Crippen LogP contribution in [0, 0.1) is 6.92 Å². The van der Waals surface area contributed by atoms with Gasteiger partial charge in [-0.1, -0.05) is 12.8 Å². The van der Waals surface area contributed by atoms with Crippen LogP contribution in [0.3, 0.4) is 0 Å². The summed E-state index contributed by atoms with van der Waals surface area (Å²) in [5.74, 6) is -1.08. The molecule has 0 aromatic heterocycles. The molecule has 0 aliphatic rings. The van der Waals surface area contributed by atoms with Crippen molar-refractivity contribution in [1.82, 2.24) is 0 Å². The Morgan fingerprint density at radius 2 is 1.85 bits per heavy atom. The van der Waals surface area contributed by atoms with Gasteiger partial charge < -0.3 is 16.8 Å². The average molecular weight is 272 g/mol. The minimum atomic E-state index is -1.08. The Hall–Kier alpha value is 0.556. The number of carboxylic acids is 1. The summed E-state index contributed by atoms with van der Waals surface area (Å²) in [6.07, 6.45) is 4.12. The molecule has 0 unspecified atom stereocenters. The Labute approximate surface area is 100 Å². The Balaban J connectivity index is -0.000000173. The Morgan fingerprint density at radius 3 is 2.08 bits per heavy atom. The van der Waals surface area contributed by atoms with E-state index in [-0.39, 0.29) is 21.6 Å². The molecule has 0 fully saturated rings. The summed E-state index contributed by atoms with van der Waals surface area (Å²) in [4.78, 5) is 8.71. The predicted octanol–water partition coefficient (Wildman–Crippen LogP) is 1.94. The van der Waals surface area contributed by atoms with E-state index in [2.05, 4.69) is 6.92 Å². The third-order valence-electron chi connectivity index (χ3n) is 0.922. The van der Waals surface area contributed by atoms with Gasteiger partial charge >= 0.3 is 16.8 Å². The zero-order valence-electron chi connectivity index (χ0n) is 7.52. The molecular formula is C8H14Cl2CoO2. The first-order valence-electron chi connectivity index (χ1n) is 3.75. The Bertz CT molecular complexity index is 106. The number of halogens is 2. The fourth-order valence-electron chi connectivity index (χ4n) is 0.475. The molecule has 81 valence electrons. The van der Waals surface area contributed by atoms with Crippen molar-refractivity contribution in [2.24, 2.45) is 0 Å². The van der Waals surface area contributed by atoms with Crippen molar-refractivity contribution in [3.05, 3.63) is 6.92 Å². The number of hydrogen-bond donors (Lipinski definition) is 0. The van der Waals surface area contributed by atoms with Crippen LogP contribution >= 0.6 is 23.2 Å². The van der Waals surface area contributed by atoms with Gasteiger partial charge in [0.1, 0.15) is 4.84 Å². The van der Waals surface area contributed by atoms with E-state index in [1.165, 1.54) is 0 Å². The first-order chi connectivity index (χ1) is 5.50. The molecule has 0 aromatic rings. The van der Waals surface area contributed by atoms with E-state index >= 15 is 0 Å². The van der Waals surface area contributed by atoms with Crippen LogP contribution in [0.4, 0.5) is 0 Å². The molecule has 0 amide bonds. The van der Waals surface area contributed by atoms with Crippen molar-refractivity contribution in [3.63, 3.8) is 0 Å². The number of rotatable bonds is 4.